The third-order valence-corrected chi connectivity index (χ3v) is 0. The van der Waals surface area contributed by atoms with Crippen molar-refractivity contribution in [2.24, 2.45) is 0 Å². The Kier molecular flexibility index (Phi) is 246. The summed E-state index contributed by atoms with van der Waals surface area (Å²) < 4.78 is 0. The molecule has 0 aromatic carbocycles. The van der Waals surface area contributed by atoms with E-state index >= 15 is 0 Å². The minimum atomic E-state index is 0. The molecule has 0 spiro atoms. The molecule has 0 amide bonds. The van der Waals surface area contributed by atoms with Crippen LogP contribution in [0.15, 0.2) is 0 Å². The van der Waals surface area contributed by atoms with E-state index in [1.165, 1.54) is 0 Å². The van der Waals surface area contributed by atoms with Crippen molar-refractivity contribution in [1.82, 2.24) is 0 Å². The SMILES string of the molecule is Br.Br.C[AsH2].C[AsH2]. The Morgan fingerprint density at radius 2 is 0.667 bits per heavy atom. The third kappa shape index (κ3) is 36.3. The molecular weight excluding hydrogens is 334 g/mol. The first kappa shape index (κ1) is 24.3. The molecular formula is C2H12As2Br2. The van der Waals surface area contributed by atoms with E-state index < -0.39 is 0 Å². The molecule has 0 aliphatic carbocycles. The first-order valence-electron chi connectivity index (χ1n) is 1.15. The van der Waals surface area contributed by atoms with Crippen molar-refractivity contribution in [3.05, 3.63) is 0 Å². The van der Waals surface area contributed by atoms with E-state index in [1.807, 2.05) is 0 Å². The number of hydrogen-bond acceptors (Lipinski definition) is 0. The molecule has 0 aliphatic heterocycles. The van der Waals surface area contributed by atoms with Crippen molar-refractivity contribution in [3.63, 3.8) is 0 Å². The van der Waals surface area contributed by atoms with Gasteiger partial charge in [0.2, 0.25) is 0 Å². The van der Waals surface area contributed by atoms with E-state index in [4.69, 9.17) is 0 Å². The Labute approximate surface area is 78.4 Å². The van der Waals surface area contributed by atoms with Gasteiger partial charge in [0.05, 0.1) is 0 Å². The van der Waals surface area contributed by atoms with Gasteiger partial charge in [-0.15, -0.1) is 34.0 Å². The molecule has 0 heterocycles. The summed E-state index contributed by atoms with van der Waals surface area (Å²) in [7, 11) is 0. The van der Waals surface area contributed by atoms with Gasteiger partial charge in [0, 0.05) is 0 Å². The van der Waals surface area contributed by atoms with E-state index in [0.717, 1.165) is 0 Å². The van der Waals surface area contributed by atoms with Crippen LogP contribution in [0.3, 0.4) is 0 Å². The Bertz CT molecular complexity index is 9.51. The second-order valence-electron chi connectivity index (χ2n) is 0. The molecule has 4 heteroatoms. The van der Waals surface area contributed by atoms with Crippen molar-refractivity contribution < 1.29 is 0 Å². The third-order valence-electron chi connectivity index (χ3n) is 0. The zero-order valence-electron chi connectivity index (χ0n) is 3.97. The molecule has 0 saturated carbocycles. The van der Waals surface area contributed by atoms with Crippen LogP contribution in [-0.4, -0.2) is 33.7 Å². The summed E-state index contributed by atoms with van der Waals surface area (Å²) in [5.41, 5.74) is 4.12. The molecule has 2 unspecified atom stereocenters. The van der Waals surface area contributed by atoms with Crippen LogP contribution in [-0.2, 0) is 0 Å². The van der Waals surface area contributed by atoms with E-state index in [2.05, 4.69) is 11.4 Å². The van der Waals surface area contributed by atoms with E-state index in [0.29, 0.717) is 0 Å². The first-order valence-corrected chi connectivity index (χ1v) is 6.00. The van der Waals surface area contributed by atoms with Gasteiger partial charge in [-0.25, -0.2) is 0 Å². The molecule has 6 heavy (non-hydrogen) atoms. The maximum atomic E-state index is 2.06. The monoisotopic (exact) mass is 344 g/mol. The summed E-state index contributed by atoms with van der Waals surface area (Å²) in [5, 5.41) is 0. The molecule has 0 N–H and O–H groups in total. The Balaban J connectivity index is -0.00000000500. The second-order valence-corrected chi connectivity index (χ2v) is 0. The Morgan fingerprint density at radius 3 is 0.667 bits per heavy atom. The fraction of sp³-hybridized carbons (Fsp3) is 1.00. The van der Waals surface area contributed by atoms with E-state index in [-0.39, 0.29) is 34.0 Å². The normalized spacial score (nSPS) is 2.00. The van der Waals surface area contributed by atoms with Crippen molar-refractivity contribution >= 4 is 67.7 Å². The van der Waals surface area contributed by atoms with Crippen molar-refractivity contribution in [2.45, 2.75) is 11.4 Å². The maximum absolute atomic E-state index is 2.06. The zero-order chi connectivity index (χ0) is 4.00. The van der Waals surface area contributed by atoms with Gasteiger partial charge in [0.25, 0.3) is 0 Å². The molecule has 0 aliphatic rings. The molecule has 0 aromatic heterocycles. The number of rotatable bonds is 0. The van der Waals surface area contributed by atoms with Gasteiger partial charge in [0.1, 0.15) is 0 Å². The molecule has 0 nitrogen and oxygen atoms in total. The summed E-state index contributed by atoms with van der Waals surface area (Å²) in [5.74, 6) is 0. The van der Waals surface area contributed by atoms with Crippen molar-refractivity contribution in [3.8, 4) is 0 Å². The van der Waals surface area contributed by atoms with Gasteiger partial charge in [0.15, 0.2) is 0 Å². The number of halogens is 2. The van der Waals surface area contributed by atoms with Gasteiger partial charge in [-0.3, -0.25) is 0 Å². The van der Waals surface area contributed by atoms with E-state index in [9.17, 15) is 0 Å². The summed E-state index contributed by atoms with van der Waals surface area (Å²) in [6.07, 6.45) is 0. The van der Waals surface area contributed by atoms with Crippen LogP contribution in [0.4, 0.5) is 0 Å². The fourth-order valence-electron chi connectivity index (χ4n) is 0. The fourth-order valence-corrected chi connectivity index (χ4v) is 0. The predicted octanol–water partition coefficient (Wildman–Crippen LogP) is 0.491. The van der Waals surface area contributed by atoms with Crippen LogP contribution in [0.5, 0.6) is 0 Å². The van der Waals surface area contributed by atoms with E-state index in [1.54, 1.807) is 33.7 Å². The Morgan fingerprint density at radius 1 is 0.667 bits per heavy atom. The first-order chi connectivity index (χ1) is 2.00. The van der Waals surface area contributed by atoms with Crippen molar-refractivity contribution in [1.29, 1.82) is 0 Å². The standard InChI is InChI=1S/2CH5As.2BrH/c2*1-2;;/h2*2H2,1H3;2*1H. The van der Waals surface area contributed by atoms with Gasteiger partial charge in [-0.1, -0.05) is 0 Å². The van der Waals surface area contributed by atoms with Crippen LogP contribution >= 0.6 is 34.0 Å². The van der Waals surface area contributed by atoms with Gasteiger partial charge in [-0.2, -0.15) is 0 Å². The predicted molar refractivity (Wildman–Crippen MR) is 49.5 cm³/mol. The average Bonchev–Trinajstić information content (AvgIpc) is 1.50. The average molecular weight is 346 g/mol. The minimum absolute atomic E-state index is 0. The van der Waals surface area contributed by atoms with Crippen LogP contribution in [0.2, 0.25) is 11.4 Å². The van der Waals surface area contributed by atoms with Crippen molar-refractivity contribution in [2.75, 3.05) is 0 Å². The molecule has 0 aromatic rings. The van der Waals surface area contributed by atoms with Gasteiger partial charge < -0.3 is 0 Å². The molecule has 0 saturated heterocycles. The molecule has 0 radical (unpaired) electrons. The molecule has 0 fully saturated rings. The summed E-state index contributed by atoms with van der Waals surface area (Å²) >= 11 is 3.38. The summed E-state index contributed by atoms with van der Waals surface area (Å²) in [4.78, 5) is 0. The quantitative estimate of drug-likeness (QED) is 0.561. The molecule has 44 valence electrons. The van der Waals surface area contributed by atoms with Gasteiger partial charge >= 0.3 is 45.1 Å². The molecule has 0 rings (SSSR count). The second kappa shape index (κ2) is 60.6. The molecule has 0 bridgehead atoms. The zero-order valence-corrected chi connectivity index (χ0v) is 12.2. The topological polar surface area (TPSA) is 0 Å². The van der Waals surface area contributed by atoms with Crippen LogP contribution in [0.1, 0.15) is 0 Å². The van der Waals surface area contributed by atoms with Crippen LogP contribution in [0, 0.1) is 0 Å². The summed E-state index contributed by atoms with van der Waals surface area (Å²) in [6.45, 7) is 0. The van der Waals surface area contributed by atoms with Gasteiger partial charge in [-0.05, 0) is 0 Å². The van der Waals surface area contributed by atoms with Crippen LogP contribution in [0.25, 0.3) is 0 Å². The molecule has 2 atom stereocenters. The summed E-state index contributed by atoms with van der Waals surface area (Å²) in [6, 6.07) is 0. The Hall–Kier alpha value is 2.08. The number of hydrogen-bond donors (Lipinski definition) is 0. The van der Waals surface area contributed by atoms with Crippen LogP contribution < -0.4 is 0 Å².